The first-order valence-electron chi connectivity index (χ1n) is 6.50. The average Bonchev–Trinajstić information content (AvgIpc) is 2.74. The van der Waals surface area contributed by atoms with Crippen LogP contribution in [0.2, 0.25) is 0 Å². The molecular weight excluding hydrogens is 288 g/mol. The average molecular weight is 310 g/mol. The van der Waals surface area contributed by atoms with E-state index >= 15 is 0 Å². The minimum absolute atomic E-state index is 0.0321. The predicted octanol–water partition coefficient (Wildman–Crippen LogP) is 0.417. The molecule has 2 aliphatic rings. The Morgan fingerprint density at radius 2 is 1.74 bits per heavy atom. The van der Waals surface area contributed by atoms with Crippen LogP contribution in [0.15, 0.2) is 0 Å². The molecule has 0 radical (unpaired) electrons. The molecule has 5 nitrogen and oxygen atoms in total. The lowest BCUT2D eigenvalue weighted by molar-refractivity contribution is -0.161. The summed E-state index contributed by atoms with van der Waals surface area (Å²) in [5, 5.41) is 29.4. The lowest BCUT2D eigenvalue weighted by Crippen LogP contribution is -2.47. The lowest BCUT2D eigenvalue weighted by Gasteiger charge is -2.31. The van der Waals surface area contributed by atoms with Crippen LogP contribution < -0.4 is 0 Å². The molecule has 2 heterocycles. The fourth-order valence-corrected chi connectivity index (χ4v) is 5.28. The molecular formula is C12H22O5S2. The Kier molecular flexibility index (Phi) is 5.44. The molecule has 0 aromatic carbocycles. The maximum absolute atomic E-state index is 10.5. The third kappa shape index (κ3) is 3.78. The van der Waals surface area contributed by atoms with Crippen molar-refractivity contribution >= 4 is 23.5 Å². The fourth-order valence-electron chi connectivity index (χ4n) is 2.34. The van der Waals surface area contributed by atoms with Crippen molar-refractivity contribution < 1.29 is 24.8 Å². The Hall–Kier alpha value is 0.500. The first-order valence-corrected chi connectivity index (χ1v) is 8.60. The van der Waals surface area contributed by atoms with E-state index in [2.05, 4.69) is 0 Å². The van der Waals surface area contributed by atoms with Gasteiger partial charge in [-0.15, -0.1) is 23.5 Å². The van der Waals surface area contributed by atoms with Gasteiger partial charge in [-0.25, -0.2) is 0 Å². The third-order valence-electron chi connectivity index (χ3n) is 3.20. The van der Waals surface area contributed by atoms with Crippen molar-refractivity contribution in [3.8, 4) is 0 Å². The highest BCUT2D eigenvalue weighted by molar-refractivity contribution is 8.17. The predicted molar refractivity (Wildman–Crippen MR) is 76.2 cm³/mol. The van der Waals surface area contributed by atoms with Crippen molar-refractivity contribution in [2.75, 3.05) is 18.1 Å². The van der Waals surface area contributed by atoms with E-state index in [9.17, 15) is 10.2 Å². The van der Waals surface area contributed by atoms with Crippen molar-refractivity contribution in [3.63, 3.8) is 0 Å². The van der Waals surface area contributed by atoms with E-state index < -0.39 is 36.8 Å². The van der Waals surface area contributed by atoms with Crippen LogP contribution in [0.25, 0.3) is 0 Å². The van der Waals surface area contributed by atoms with Gasteiger partial charge >= 0.3 is 0 Å². The molecule has 7 heteroatoms. The second kappa shape index (κ2) is 6.51. The van der Waals surface area contributed by atoms with Gasteiger partial charge in [-0.2, -0.15) is 0 Å². The Labute approximate surface area is 122 Å². The van der Waals surface area contributed by atoms with Crippen molar-refractivity contribution in [1.82, 2.24) is 0 Å². The van der Waals surface area contributed by atoms with Crippen LogP contribution in [0.3, 0.4) is 0 Å². The molecule has 0 aromatic heterocycles. The summed E-state index contributed by atoms with van der Waals surface area (Å²) in [7, 11) is 0. The van der Waals surface area contributed by atoms with Crippen LogP contribution in [0.4, 0.5) is 0 Å². The van der Waals surface area contributed by atoms with Gasteiger partial charge in [-0.05, 0) is 31.8 Å². The van der Waals surface area contributed by atoms with Gasteiger partial charge in [0.25, 0.3) is 0 Å². The summed E-state index contributed by atoms with van der Waals surface area (Å²) < 4.78 is 11.4. The number of hydrogen-bond donors (Lipinski definition) is 3. The summed E-state index contributed by atoms with van der Waals surface area (Å²) in [4.78, 5) is 0. The summed E-state index contributed by atoms with van der Waals surface area (Å²) in [6.45, 7) is 3.09. The molecule has 0 aliphatic carbocycles. The van der Waals surface area contributed by atoms with Crippen molar-refractivity contribution in [3.05, 3.63) is 0 Å². The van der Waals surface area contributed by atoms with Gasteiger partial charge in [0.15, 0.2) is 5.79 Å². The van der Waals surface area contributed by atoms with Gasteiger partial charge in [0.1, 0.15) is 24.4 Å². The van der Waals surface area contributed by atoms with Crippen molar-refractivity contribution in [2.24, 2.45) is 0 Å². The Balaban J connectivity index is 2.06. The number of aliphatic hydroxyl groups excluding tert-OH is 3. The number of hydrogen-bond acceptors (Lipinski definition) is 7. The molecule has 2 saturated heterocycles. The zero-order chi connectivity index (χ0) is 14.0. The van der Waals surface area contributed by atoms with Gasteiger partial charge in [0.05, 0.1) is 11.2 Å². The molecule has 0 saturated carbocycles. The minimum Gasteiger partial charge on any atom is -0.394 e. The molecule has 2 fully saturated rings. The van der Waals surface area contributed by atoms with E-state index in [1.54, 1.807) is 37.4 Å². The summed E-state index contributed by atoms with van der Waals surface area (Å²) in [5.41, 5.74) is 0. The largest absolute Gasteiger partial charge is 0.394 e. The molecule has 2 aliphatic heterocycles. The smallest absolute Gasteiger partial charge is 0.164 e. The Bertz CT molecular complexity index is 296. The van der Waals surface area contributed by atoms with Crippen LogP contribution in [-0.2, 0) is 9.47 Å². The summed E-state index contributed by atoms with van der Waals surface area (Å²) in [6.07, 6.45) is -1.92. The Morgan fingerprint density at radius 1 is 1.16 bits per heavy atom. The van der Waals surface area contributed by atoms with Gasteiger partial charge in [-0.1, -0.05) is 0 Å². The summed E-state index contributed by atoms with van der Waals surface area (Å²) in [6, 6.07) is 0. The zero-order valence-electron chi connectivity index (χ0n) is 11.2. The summed E-state index contributed by atoms with van der Waals surface area (Å²) in [5.74, 6) is 1.20. The monoisotopic (exact) mass is 310 g/mol. The van der Waals surface area contributed by atoms with Crippen molar-refractivity contribution in [1.29, 1.82) is 0 Å². The molecule has 3 N–H and O–H groups in total. The number of ether oxygens (including phenoxy) is 2. The quantitative estimate of drug-likeness (QED) is 0.694. The molecule has 4 atom stereocenters. The molecule has 0 unspecified atom stereocenters. The highest BCUT2D eigenvalue weighted by atomic mass is 32.2. The van der Waals surface area contributed by atoms with Crippen LogP contribution in [0.5, 0.6) is 0 Å². The second-order valence-electron chi connectivity index (χ2n) is 5.27. The van der Waals surface area contributed by atoms with Crippen LogP contribution in [0.1, 0.15) is 20.3 Å². The normalized spacial score (nSPS) is 35.2. The van der Waals surface area contributed by atoms with E-state index in [1.807, 2.05) is 0 Å². The van der Waals surface area contributed by atoms with E-state index in [1.165, 1.54) is 0 Å². The van der Waals surface area contributed by atoms with Crippen molar-refractivity contribution in [2.45, 2.75) is 55.1 Å². The molecule has 0 bridgehead atoms. The standard InChI is InChI=1S/C12H22O5S2/c1-12(2)16-9(7(14)6-13)10(17-12)8(15)11-18-4-3-5-19-11/h7-11,13-15H,3-6H2,1-2H3/t7-,8+,9+,10-/m1/s1. The van der Waals surface area contributed by atoms with Gasteiger partial charge in [0.2, 0.25) is 0 Å². The highest BCUT2D eigenvalue weighted by Gasteiger charge is 2.49. The summed E-state index contributed by atoms with van der Waals surface area (Å²) >= 11 is 3.43. The minimum atomic E-state index is -1.04. The number of thioether (sulfide) groups is 2. The number of aliphatic hydroxyl groups is 3. The van der Waals surface area contributed by atoms with E-state index in [0.717, 1.165) is 17.9 Å². The van der Waals surface area contributed by atoms with Gasteiger partial charge in [-0.3, -0.25) is 0 Å². The number of rotatable bonds is 4. The second-order valence-corrected chi connectivity index (χ2v) is 8.07. The van der Waals surface area contributed by atoms with Gasteiger partial charge < -0.3 is 24.8 Å². The van der Waals surface area contributed by atoms with Crippen LogP contribution in [-0.4, -0.2) is 68.2 Å². The first-order chi connectivity index (χ1) is 8.94. The van der Waals surface area contributed by atoms with Crippen LogP contribution >= 0.6 is 23.5 Å². The highest BCUT2D eigenvalue weighted by Crippen LogP contribution is 2.39. The third-order valence-corrected chi connectivity index (χ3v) is 6.28. The molecule has 0 spiro atoms. The maximum atomic E-state index is 10.5. The van der Waals surface area contributed by atoms with E-state index in [0.29, 0.717) is 0 Å². The first kappa shape index (κ1) is 15.9. The van der Waals surface area contributed by atoms with Gasteiger partial charge in [0, 0.05) is 0 Å². The molecule has 112 valence electrons. The van der Waals surface area contributed by atoms with E-state index in [-0.39, 0.29) is 4.58 Å². The topological polar surface area (TPSA) is 79.2 Å². The molecule has 0 amide bonds. The fraction of sp³-hybridized carbons (Fsp3) is 1.00. The SMILES string of the molecule is CC1(C)O[C@@H]([C@H](O)CO)[C@@H]([C@H](O)C2SCCCS2)O1. The lowest BCUT2D eigenvalue weighted by atomic mass is 10.0. The maximum Gasteiger partial charge on any atom is 0.164 e. The van der Waals surface area contributed by atoms with E-state index in [4.69, 9.17) is 14.6 Å². The molecule has 2 rings (SSSR count). The zero-order valence-corrected chi connectivity index (χ0v) is 12.8. The van der Waals surface area contributed by atoms with Crippen LogP contribution in [0, 0.1) is 0 Å². The molecule has 0 aromatic rings. The Morgan fingerprint density at radius 3 is 2.32 bits per heavy atom. The molecule has 19 heavy (non-hydrogen) atoms.